The Morgan fingerprint density at radius 1 is 1.10 bits per heavy atom. The molecular weight excluding hydrogens is 317 g/mol. The Kier molecular flexibility index (Phi) is 3.76. The van der Waals surface area contributed by atoms with Gasteiger partial charge in [0.05, 0.1) is 20.8 Å². The van der Waals surface area contributed by atoms with Crippen molar-refractivity contribution in [3.05, 3.63) is 39.0 Å². The summed E-state index contributed by atoms with van der Waals surface area (Å²) < 4.78 is 0. The quantitative estimate of drug-likeness (QED) is 0.835. The zero-order valence-electron chi connectivity index (χ0n) is 10.5. The number of aromatic nitrogens is 2. The van der Waals surface area contributed by atoms with Crippen LogP contribution in [-0.4, -0.2) is 9.97 Å². The van der Waals surface area contributed by atoms with E-state index in [1.54, 1.807) is 12.1 Å². The Morgan fingerprint density at radius 2 is 1.85 bits per heavy atom. The second-order valence-corrected chi connectivity index (χ2v) is 6.14. The molecule has 0 radical (unpaired) electrons. The molecule has 2 N–H and O–H groups in total. The first-order valence-electron chi connectivity index (χ1n) is 6.32. The van der Waals surface area contributed by atoms with Gasteiger partial charge in [-0.25, -0.2) is 9.97 Å². The molecule has 0 atom stereocenters. The summed E-state index contributed by atoms with van der Waals surface area (Å²) in [6.07, 6.45) is 3.44. The molecule has 1 fully saturated rings. The zero-order valence-corrected chi connectivity index (χ0v) is 12.8. The summed E-state index contributed by atoms with van der Waals surface area (Å²) in [6, 6.07) is 5.41. The molecular formula is C14H12Cl3N3. The average molecular weight is 329 g/mol. The minimum absolute atomic E-state index is 0.250. The van der Waals surface area contributed by atoms with Gasteiger partial charge in [0.2, 0.25) is 5.95 Å². The van der Waals surface area contributed by atoms with Gasteiger partial charge in [0.25, 0.3) is 0 Å². The second-order valence-electron chi connectivity index (χ2n) is 4.97. The summed E-state index contributed by atoms with van der Waals surface area (Å²) in [7, 11) is 0. The van der Waals surface area contributed by atoms with Crippen LogP contribution in [0.2, 0.25) is 15.1 Å². The molecule has 0 saturated heterocycles. The first-order valence-corrected chi connectivity index (χ1v) is 7.45. The smallest absolute Gasteiger partial charge is 0.220 e. The molecule has 2 aromatic rings. The monoisotopic (exact) mass is 327 g/mol. The van der Waals surface area contributed by atoms with E-state index in [-0.39, 0.29) is 5.95 Å². The predicted octanol–water partition coefficient (Wildman–Crippen LogP) is 4.64. The van der Waals surface area contributed by atoms with Gasteiger partial charge in [-0.1, -0.05) is 34.8 Å². The largest absolute Gasteiger partial charge is 0.368 e. The Labute approximate surface area is 132 Å². The second kappa shape index (κ2) is 5.40. The van der Waals surface area contributed by atoms with Crippen LogP contribution in [0.5, 0.6) is 0 Å². The maximum atomic E-state index is 6.24. The number of nitrogens with zero attached hydrogens (tertiary/aromatic N) is 2. The highest BCUT2D eigenvalue weighted by Crippen LogP contribution is 2.38. The molecule has 1 heterocycles. The van der Waals surface area contributed by atoms with E-state index < -0.39 is 0 Å². The normalized spacial score (nSPS) is 14.6. The van der Waals surface area contributed by atoms with Crippen molar-refractivity contribution < 1.29 is 0 Å². The average Bonchev–Trinajstić information content (AvgIpc) is 3.19. The van der Waals surface area contributed by atoms with Crippen LogP contribution in [0.4, 0.5) is 5.95 Å². The van der Waals surface area contributed by atoms with Crippen molar-refractivity contribution in [2.75, 3.05) is 5.73 Å². The highest BCUT2D eigenvalue weighted by Gasteiger charge is 2.23. The Hall–Kier alpha value is -1.03. The minimum Gasteiger partial charge on any atom is -0.368 e. The van der Waals surface area contributed by atoms with Gasteiger partial charge in [0, 0.05) is 11.3 Å². The molecule has 0 aliphatic heterocycles. The van der Waals surface area contributed by atoms with Gasteiger partial charge in [0.1, 0.15) is 0 Å². The van der Waals surface area contributed by atoms with E-state index in [0.29, 0.717) is 26.3 Å². The summed E-state index contributed by atoms with van der Waals surface area (Å²) in [5.41, 5.74) is 8.12. The van der Waals surface area contributed by atoms with Crippen molar-refractivity contribution >= 4 is 40.8 Å². The summed E-state index contributed by atoms with van der Waals surface area (Å²) in [6.45, 7) is 0. The molecule has 0 amide bonds. The van der Waals surface area contributed by atoms with Crippen LogP contribution in [0.25, 0.3) is 11.3 Å². The number of nitrogens with two attached hydrogens (primary N) is 1. The summed E-state index contributed by atoms with van der Waals surface area (Å²) in [5, 5.41) is 1.13. The Balaban J connectivity index is 2.04. The first kappa shape index (κ1) is 13.9. The summed E-state index contributed by atoms with van der Waals surface area (Å²) in [4.78, 5) is 8.52. The number of halogens is 3. The van der Waals surface area contributed by atoms with E-state index in [0.717, 1.165) is 18.0 Å². The zero-order chi connectivity index (χ0) is 14.3. The van der Waals surface area contributed by atoms with Gasteiger partial charge < -0.3 is 5.73 Å². The third-order valence-electron chi connectivity index (χ3n) is 3.30. The van der Waals surface area contributed by atoms with Gasteiger partial charge in [-0.15, -0.1) is 0 Å². The molecule has 20 heavy (non-hydrogen) atoms. The van der Waals surface area contributed by atoms with Crippen LogP contribution in [0.1, 0.15) is 18.5 Å². The van der Waals surface area contributed by atoms with Crippen molar-refractivity contribution in [1.29, 1.82) is 0 Å². The SMILES string of the molecule is Nc1nc(CC2CC2)cc(-c2ccc(Cl)c(Cl)c2Cl)n1. The lowest BCUT2D eigenvalue weighted by atomic mass is 10.1. The third kappa shape index (κ3) is 2.85. The lowest BCUT2D eigenvalue weighted by Gasteiger charge is -2.09. The van der Waals surface area contributed by atoms with Crippen molar-refractivity contribution in [1.82, 2.24) is 9.97 Å². The molecule has 3 rings (SSSR count). The lowest BCUT2D eigenvalue weighted by Crippen LogP contribution is -2.02. The lowest BCUT2D eigenvalue weighted by molar-refractivity contribution is 0.802. The number of hydrogen-bond donors (Lipinski definition) is 1. The fourth-order valence-electron chi connectivity index (χ4n) is 2.10. The van der Waals surface area contributed by atoms with E-state index in [2.05, 4.69) is 9.97 Å². The molecule has 1 aliphatic rings. The third-order valence-corrected chi connectivity index (χ3v) is 4.60. The van der Waals surface area contributed by atoms with E-state index in [1.165, 1.54) is 12.8 Å². The van der Waals surface area contributed by atoms with Crippen LogP contribution in [-0.2, 0) is 6.42 Å². The molecule has 0 unspecified atom stereocenters. The standard InChI is InChI=1S/C14H12Cl3N3/c15-10-4-3-9(12(16)13(10)17)11-6-8(5-7-1-2-7)19-14(18)20-11/h3-4,6-7H,1-2,5H2,(H2,18,19,20). The topological polar surface area (TPSA) is 51.8 Å². The number of benzene rings is 1. The van der Waals surface area contributed by atoms with Crippen LogP contribution >= 0.6 is 34.8 Å². The van der Waals surface area contributed by atoms with Crippen molar-refractivity contribution in [2.24, 2.45) is 5.92 Å². The predicted molar refractivity (Wildman–Crippen MR) is 83.3 cm³/mol. The number of hydrogen-bond acceptors (Lipinski definition) is 3. The fourth-order valence-corrected chi connectivity index (χ4v) is 2.73. The first-order chi connectivity index (χ1) is 9.54. The molecule has 6 heteroatoms. The van der Waals surface area contributed by atoms with Gasteiger partial charge in [0.15, 0.2) is 0 Å². The highest BCUT2D eigenvalue weighted by molar-refractivity contribution is 6.49. The van der Waals surface area contributed by atoms with Crippen molar-refractivity contribution in [3.8, 4) is 11.3 Å². The van der Waals surface area contributed by atoms with Gasteiger partial charge in [-0.2, -0.15) is 0 Å². The molecule has 3 nitrogen and oxygen atoms in total. The molecule has 1 aromatic heterocycles. The minimum atomic E-state index is 0.250. The Bertz CT molecular complexity index is 669. The van der Waals surface area contributed by atoms with E-state index in [1.807, 2.05) is 6.07 Å². The number of nitrogen functional groups attached to an aromatic ring is 1. The van der Waals surface area contributed by atoms with Gasteiger partial charge in [-0.05, 0) is 43.4 Å². The van der Waals surface area contributed by atoms with Gasteiger partial charge in [-0.3, -0.25) is 0 Å². The van der Waals surface area contributed by atoms with Crippen LogP contribution in [0.15, 0.2) is 18.2 Å². The van der Waals surface area contributed by atoms with Crippen molar-refractivity contribution in [3.63, 3.8) is 0 Å². The van der Waals surface area contributed by atoms with Crippen LogP contribution < -0.4 is 5.73 Å². The molecule has 1 saturated carbocycles. The number of rotatable bonds is 3. The molecule has 104 valence electrons. The van der Waals surface area contributed by atoms with Crippen LogP contribution in [0.3, 0.4) is 0 Å². The maximum absolute atomic E-state index is 6.24. The maximum Gasteiger partial charge on any atom is 0.220 e. The highest BCUT2D eigenvalue weighted by atomic mass is 35.5. The summed E-state index contributed by atoms with van der Waals surface area (Å²) >= 11 is 18.2. The van der Waals surface area contributed by atoms with Crippen LogP contribution in [0, 0.1) is 5.92 Å². The molecule has 0 spiro atoms. The summed E-state index contributed by atoms with van der Waals surface area (Å²) in [5.74, 6) is 0.974. The van der Waals surface area contributed by atoms with Gasteiger partial charge >= 0.3 is 0 Å². The van der Waals surface area contributed by atoms with E-state index in [9.17, 15) is 0 Å². The van der Waals surface area contributed by atoms with E-state index >= 15 is 0 Å². The molecule has 1 aliphatic carbocycles. The van der Waals surface area contributed by atoms with E-state index in [4.69, 9.17) is 40.5 Å². The molecule has 0 bridgehead atoms. The van der Waals surface area contributed by atoms with Crippen molar-refractivity contribution in [2.45, 2.75) is 19.3 Å². The molecule has 1 aromatic carbocycles. The fraction of sp³-hybridized carbons (Fsp3) is 0.286. The number of anilines is 1. The Morgan fingerprint density at radius 3 is 2.55 bits per heavy atom.